The molecule has 0 fully saturated rings. The van der Waals surface area contributed by atoms with Crippen molar-refractivity contribution < 1.29 is 9.90 Å². The largest absolute Gasteiger partial charge is 0.465 e. The van der Waals surface area contributed by atoms with Gasteiger partial charge in [-0.2, -0.15) is 25.3 Å². The second-order valence-corrected chi connectivity index (χ2v) is 3.48. The topological polar surface area (TPSA) is 40.5 Å². The summed E-state index contributed by atoms with van der Waals surface area (Å²) in [6, 6.07) is -0.124. The van der Waals surface area contributed by atoms with Gasteiger partial charge in [-0.1, -0.05) is 0 Å². The number of hydrogen-bond donors (Lipinski definition) is 3. The van der Waals surface area contributed by atoms with Crippen LogP contribution >= 0.6 is 25.3 Å². The van der Waals surface area contributed by atoms with Crippen LogP contribution in [0.1, 0.15) is 13.8 Å². The van der Waals surface area contributed by atoms with Gasteiger partial charge in [0.1, 0.15) is 0 Å². The molecule has 0 aromatic heterocycles. The van der Waals surface area contributed by atoms with E-state index in [1.54, 1.807) is 0 Å². The standard InChI is InChI=1S/C7H15NO2S2/c1-5(3-11)8(7(9)10)6(2)4-12/h5-6,11-12H,3-4H2,1-2H3,(H,9,10). The molecule has 0 aliphatic rings. The maximum atomic E-state index is 10.8. The fourth-order valence-electron chi connectivity index (χ4n) is 0.987. The Hall–Kier alpha value is -0.0300. The number of rotatable bonds is 4. The van der Waals surface area contributed by atoms with E-state index in [0.29, 0.717) is 11.5 Å². The molecule has 0 aliphatic heterocycles. The van der Waals surface area contributed by atoms with Crippen molar-refractivity contribution in [1.29, 1.82) is 0 Å². The Morgan fingerprint density at radius 3 is 1.83 bits per heavy atom. The van der Waals surface area contributed by atoms with E-state index in [2.05, 4.69) is 25.3 Å². The molecule has 2 atom stereocenters. The van der Waals surface area contributed by atoms with E-state index >= 15 is 0 Å². The second kappa shape index (κ2) is 5.59. The highest BCUT2D eigenvalue weighted by molar-refractivity contribution is 7.80. The quantitative estimate of drug-likeness (QED) is 0.616. The summed E-state index contributed by atoms with van der Waals surface area (Å²) in [6.07, 6.45) is -0.905. The molecule has 0 aliphatic carbocycles. The van der Waals surface area contributed by atoms with Crippen LogP contribution in [0.2, 0.25) is 0 Å². The smallest absolute Gasteiger partial charge is 0.407 e. The van der Waals surface area contributed by atoms with Crippen LogP contribution in [-0.2, 0) is 0 Å². The summed E-state index contributed by atoms with van der Waals surface area (Å²) in [4.78, 5) is 12.1. The first-order valence-electron chi connectivity index (χ1n) is 3.77. The van der Waals surface area contributed by atoms with Gasteiger partial charge in [-0.15, -0.1) is 0 Å². The van der Waals surface area contributed by atoms with Gasteiger partial charge in [-0.3, -0.25) is 0 Å². The average molecular weight is 209 g/mol. The summed E-state index contributed by atoms with van der Waals surface area (Å²) >= 11 is 8.11. The molecule has 72 valence electrons. The summed E-state index contributed by atoms with van der Waals surface area (Å²) in [6.45, 7) is 3.67. The maximum Gasteiger partial charge on any atom is 0.407 e. The van der Waals surface area contributed by atoms with Gasteiger partial charge in [0.15, 0.2) is 0 Å². The molecule has 0 aromatic rings. The lowest BCUT2D eigenvalue weighted by atomic mass is 10.2. The Morgan fingerprint density at radius 2 is 1.67 bits per heavy atom. The number of nitrogens with zero attached hydrogens (tertiary/aromatic N) is 1. The van der Waals surface area contributed by atoms with Crippen LogP contribution in [-0.4, -0.2) is 39.7 Å². The molecule has 0 saturated heterocycles. The normalized spacial score (nSPS) is 15.3. The van der Waals surface area contributed by atoms with Crippen molar-refractivity contribution in [3.05, 3.63) is 0 Å². The van der Waals surface area contributed by atoms with Gasteiger partial charge in [0, 0.05) is 23.6 Å². The summed E-state index contributed by atoms with van der Waals surface area (Å²) in [5.41, 5.74) is 0. The van der Waals surface area contributed by atoms with Gasteiger partial charge in [0.05, 0.1) is 0 Å². The predicted octanol–water partition coefficient (Wildman–Crippen LogP) is 1.60. The maximum absolute atomic E-state index is 10.8. The fourth-order valence-corrected chi connectivity index (χ4v) is 1.34. The number of carboxylic acid groups (broad SMARTS) is 1. The minimum atomic E-state index is -0.905. The lowest BCUT2D eigenvalue weighted by molar-refractivity contribution is 0.118. The van der Waals surface area contributed by atoms with E-state index in [1.165, 1.54) is 4.90 Å². The first-order valence-corrected chi connectivity index (χ1v) is 5.04. The molecule has 0 aromatic carbocycles. The van der Waals surface area contributed by atoms with E-state index in [1.807, 2.05) is 13.8 Å². The van der Waals surface area contributed by atoms with Crippen LogP contribution in [0.3, 0.4) is 0 Å². The monoisotopic (exact) mass is 209 g/mol. The lowest BCUT2D eigenvalue weighted by Crippen LogP contribution is -2.45. The van der Waals surface area contributed by atoms with E-state index in [4.69, 9.17) is 5.11 Å². The Bertz CT molecular complexity index is 144. The molecule has 12 heavy (non-hydrogen) atoms. The minimum absolute atomic E-state index is 0.0621. The third-order valence-corrected chi connectivity index (χ3v) is 2.76. The van der Waals surface area contributed by atoms with Crippen LogP contribution in [0.5, 0.6) is 0 Å². The zero-order chi connectivity index (χ0) is 9.72. The molecular weight excluding hydrogens is 194 g/mol. The number of thiol groups is 2. The molecule has 0 bridgehead atoms. The molecule has 0 spiro atoms. The third-order valence-electron chi connectivity index (χ3n) is 1.70. The van der Waals surface area contributed by atoms with Crippen LogP contribution in [0, 0.1) is 0 Å². The first-order chi connectivity index (χ1) is 5.54. The van der Waals surface area contributed by atoms with Crippen molar-refractivity contribution in [3.63, 3.8) is 0 Å². The Balaban J connectivity index is 4.32. The molecule has 0 saturated carbocycles. The van der Waals surface area contributed by atoms with Crippen molar-refractivity contribution in [2.75, 3.05) is 11.5 Å². The minimum Gasteiger partial charge on any atom is -0.465 e. The van der Waals surface area contributed by atoms with E-state index < -0.39 is 6.09 Å². The van der Waals surface area contributed by atoms with Crippen LogP contribution < -0.4 is 0 Å². The Kier molecular flexibility index (Phi) is 5.57. The first kappa shape index (κ1) is 12.0. The predicted molar refractivity (Wildman–Crippen MR) is 56.5 cm³/mol. The van der Waals surface area contributed by atoms with Gasteiger partial charge in [0.25, 0.3) is 0 Å². The zero-order valence-electron chi connectivity index (χ0n) is 7.27. The molecule has 0 rings (SSSR count). The number of amides is 1. The number of hydrogen-bond acceptors (Lipinski definition) is 3. The highest BCUT2D eigenvalue weighted by Crippen LogP contribution is 2.08. The van der Waals surface area contributed by atoms with Crippen LogP contribution in [0.15, 0.2) is 0 Å². The zero-order valence-corrected chi connectivity index (χ0v) is 9.05. The second-order valence-electron chi connectivity index (χ2n) is 2.75. The summed E-state index contributed by atoms with van der Waals surface area (Å²) in [7, 11) is 0. The van der Waals surface area contributed by atoms with E-state index in [9.17, 15) is 4.79 Å². The molecular formula is C7H15NO2S2. The van der Waals surface area contributed by atoms with Gasteiger partial charge in [0.2, 0.25) is 0 Å². The highest BCUT2D eigenvalue weighted by Gasteiger charge is 2.22. The number of carbonyl (C=O) groups is 1. The molecule has 2 unspecified atom stereocenters. The highest BCUT2D eigenvalue weighted by atomic mass is 32.1. The summed E-state index contributed by atoms with van der Waals surface area (Å²) in [5, 5.41) is 8.83. The van der Waals surface area contributed by atoms with Gasteiger partial charge in [-0.25, -0.2) is 4.79 Å². The van der Waals surface area contributed by atoms with Crippen LogP contribution in [0.25, 0.3) is 0 Å². The van der Waals surface area contributed by atoms with Crippen molar-refractivity contribution in [3.8, 4) is 0 Å². The summed E-state index contributed by atoms with van der Waals surface area (Å²) in [5.74, 6) is 1.06. The molecule has 0 radical (unpaired) electrons. The SMILES string of the molecule is CC(CS)N(C(=O)O)C(C)CS. The van der Waals surface area contributed by atoms with Crippen LogP contribution in [0.4, 0.5) is 4.79 Å². The fraction of sp³-hybridized carbons (Fsp3) is 0.857. The third kappa shape index (κ3) is 3.15. The van der Waals surface area contributed by atoms with Gasteiger partial charge < -0.3 is 10.0 Å². The molecule has 0 heterocycles. The Labute approximate surface area is 84.0 Å². The van der Waals surface area contributed by atoms with Gasteiger partial charge in [-0.05, 0) is 13.8 Å². The van der Waals surface area contributed by atoms with Gasteiger partial charge >= 0.3 is 6.09 Å². The van der Waals surface area contributed by atoms with E-state index in [0.717, 1.165) is 0 Å². The van der Waals surface area contributed by atoms with Crippen molar-refractivity contribution >= 4 is 31.4 Å². The van der Waals surface area contributed by atoms with Crippen molar-refractivity contribution in [2.45, 2.75) is 25.9 Å². The molecule has 1 amide bonds. The summed E-state index contributed by atoms with van der Waals surface area (Å²) < 4.78 is 0. The molecule has 1 N–H and O–H groups in total. The van der Waals surface area contributed by atoms with Crippen molar-refractivity contribution in [1.82, 2.24) is 4.90 Å². The lowest BCUT2D eigenvalue weighted by Gasteiger charge is -2.30. The Morgan fingerprint density at radius 1 is 1.33 bits per heavy atom. The molecule has 5 heteroatoms. The van der Waals surface area contributed by atoms with Crippen molar-refractivity contribution in [2.24, 2.45) is 0 Å². The average Bonchev–Trinajstić information content (AvgIpc) is 2.03. The molecule has 3 nitrogen and oxygen atoms in total. The van der Waals surface area contributed by atoms with E-state index in [-0.39, 0.29) is 12.1 Å².